The molecule has 5 heteroatoms. The van der Waals surface area contributed by atoms with Gasteiger partial charge < -0.3 is 15.4 Å². The highest BCUT2D eigenvalue weighted by molar-refractivity contribution is 5.46. The second kappa shape index (κ2) is 7.73. The van der Waals surface area contributed by atoms with E-state index in [9.17, 15) is 4.39 Å². The van der Waals surface area contributed by atoms with Crippen molar-refractivity contribution < 1.29 is 9.13 Å². The van der Waals surface area contributed by atoms with Crippen molar-refractivity contribution in [2.45, 2.75) is 13.0 Å². The number of anilines is 1. The molecular formula is C16H26FN3O. The molecule has 1 aromatic carbocycles. The standard InChI is InChI=1S/C16H26FN3O/c1-13(12-21-2)16(11-18)20-9-7-19(8-10-20)15-5-3-14(17)4-6-15/h3-6,13,16H,7-12,18H2,1-2H3. The van der Waals surface area contributed by atoms with E-state index >= 15 is 0 Å². The van der Waals surface area contributed by atoms with E-state index < -0.39 is 0 Å². The zero-order chi connectivity index (χ0) is 15.2. The first-order valence-corrected chi connectivity index (χ1v) is 7.59. The highest BCUT2D eigenvalue weighted by Gasteiger charge is 2.26. The van der Waals surface area contributed by atoms with E-state index in [-0.39, 0.29) is 5.82 Å². The van der Waals surface area contributed by atoms with Gasteiger partial charge in [0, 0.05) is 51.6 Å². The predicted octanol–water partition coefficient (Wildman–Crippen LogP) is 1.56. The molecule has 0 aliphatic carbocycles. The third kappa shape index (κ3) is 4.15. The monoisotopic (exact) mass is 295 g/mol. The molecule has 1 aliphatic heterocycles. The molecule has 0 saturated carbocycles. The molecule has 4 nitrogen and oxygen atoms in total. The molecule has 2 unspecified atom stereocenters. The number of halogens is 1. The Morgan fingerprint density at radius 2 is 1.81 bits per heavy atom. The first-order chi connectivity index (χ1) is 10.2. The molecule has 0 bridgehead atoms. The lowest BCUT2D eigenvalue weighted by Gasteiger charge is -2.41. The molecule has 1 fully saturated rings. The minimum atomic E-state index is -0.186. The smallest absolute Gasteiger partial charge is 0.123 e. The number of benzene rings is 1. The molecule has 1 saturated heterocycles. The van der Waals surface area contributed by atoms with Crippen LogP contribution in [-0.2, 0) is 4.74 Å². The van der Waals surface area contributed by atoms with Gasteiger partial charge in [-0.05, 0) is 30.2 Å². The maximum Gasteiger partial charge on any atom is 0.123 e. The van der Waals surface area contributed by atoms with E-state index in [4.69, 9.17) is 10.5 Å². The molecule has 0 radical (unpaired) electrons. The second-order valence-corrected chi connectivity index (χ2v) is 5.74. The third-order valence-electron chi connectivity index (χ3n) is 4.30. The summed E-state index contributed by atoms with van der Waals surface area (Å²) in [7, 11) is 1.73. The summed E-state index contributed by atoms with van der Waals surface area (Å²) in [6.07, 6.45) is 0. The van der Waals surface area contributed by atoms with Gasteiger partial charge in [-0.1, -0.05) is 6.92 Å². The molecule has 21 heavy (non-hydrogen) atoms. The van der Waals surface area contributed by atoms with Crippen LogP contribution in [0, 0.1) is 11.7 Å². The number of hydrogen-bond acceptors (Lipinski definition) is 4. The second-order valence-electron chi connectivity index (χ2n) is 5.74. The van der Waals surface area contributed by atoms with Crippen molar-refractivity contribution in [2.75, 3.05) is 51.3 Å². The molecule has 1 aliphatic rings. The molecule has 0 amide bonds. The Morgan fingerprint density at radius 1 is 1.19 bits per heavy atom. The van der Waals surface area contributed by atoms with E-state index in [0.717, 1.165) is 38.5 Å². The van der Waals surface area contributed by atoms with Gasteiger partial charge in [0.05, 0.1) is 6.61 Å². The van der Waals surface area contributed by atoms with Crippen LogP contribution in [0.3, 0.4) is 0 Å². The fraction of sp³-hybridized carbons (Fsp3) is 0.625. The van der Waals surface area contributed by atoms with Gasteiger partial charge in [0.25, 0.3) is 0 Å². The largest absolute Gasteiger partial charge is 0.384 e. The molecule has 1 heterocycles. The Bertz CT molecular complexity index is 418. The molecule has 2 atom stereocenters. The summed E-state index contributed by atoms with van der Waals surface area (Å²) in [4.78, 5) is 4.74. The summed E-state index contributed by atoms with van der Waals surface area (Å²) < 4.78 is 18.2. The maximum atomic E-state index is 13.0. The summed E-state index contributed by atoms with van der Waals surface area (Å²) in [6.45, 7) is 7.43. The maximum absolute atomic E-state index is 13.0. The number of nitrogens with zero attached hydrogens (tertiary/aromatic N) is 2. The fourth-order valence-electron chi connectivity index (χ4n) is 3.08. The van der Waals surface area contributed by atoms with Crippen LogP contribution >= 0.6 is 0 Å². The highest BCUT2D eigenvalue weighted by Crippen LogP contribution is 2.19. The summed E-state index contributed by atoms with van der Waals surface area (Å²) in [5, 5.41) is 0. The SMILES string of the molecule is COCC(C)C(CN)N1CCN(c2ccc(F)cc2)CC1. The Balaban J connectivity index is 1.91. The van der Waals surface area contributed by atoms with Crippen molar-refractivity contribution in [3.05, 3.63) is 30.1 Å². The molecule has 2 N–H and O–H groups in total. The van der Waals surface area contributed by atoms with E-state index in [1.54, 1.807) is 7.11 Å². The van der Waals surface area contributed by atoms with Crippen LogP contribution in [0.5, 0.6) is 0 Å². The van der Waals surface area contributed by atoms with Gasteiger partial charge in [-0.15, -0.1) is 0 Å². The highest BCUT2D eigenvalue weighted by atomic mass is 19.1. The summed E-state index contributed by atoms with van der Waals surface area (Å²) in [6, 6.07) is 7.09. The zero-order valence-corrected chi connectivity index (χ0v) is 13.0. The summed E-state index contributed by atoms with van der Waals surface area (Å²) in [5.41, 5.74) is 7.03. The molecule has 0 aromatic heterocycles. The number of ether oxygens (including phenoxy) is 1. The number of hydrogen-bond donors (Lipinski definition) is 1. The van der Waals surface area contributed by atoms with Gasteiger partial charge >= 0.3 is 0 Å². The lowest BCUT2D eigenvalue weighted by atomic mass is 10.0. The Hall–Kier alpha value is -1.17. The van der Waals surface area contributed by atoms with Crippen molar-refractivity contribution in [3.63, 3.8) is 0 Å². The topological polar surface area (TPSA) is 41.7 Å². The zero-order valence-electron chi connectivity index (χ0n) is 13.0. The first-order valence-electron chi connectivity index (χ1n) is 7.59. The summed E-state index contributed by atoms with van der Waals surface area (Å²) >= 11 is 0. The molecular weight excluding hydrogens is 269 g/mol. The van der Waals surface area contributed by atoms with Gasteiger partial charge in [-0.2, -0.15) is 0 Å². The number of piperazine rings is 1. The van der Waals surface area contributed by atoms with Crippen molar-refractivity contribution in [2.24, 2.45) is 11.7 Å². The van der Waals surface area contributed by atoms with Crippen LogP contribution in [-0.4, -0.2) is 57.4 Å². The minimum absolute atomic E-state index is 0.186. The quantitative estimate of drug-likeness (QED) is 0.865. The van der Waals surface area contributed by atoms with Crippen LogP contribution in [0.2, 0.25) is 0 Å². The molecule has 2 rings (SSSR count). The average Bonchev–Trinajstić information content (AvgIpc) is 2.50. The van der Waals surface area contributed by atoms with Crippen LogP contribution in [0.4, 0.5) is 10.1 Å². The number of nitrogens with two attached hydrogens (primary N) is 1. The average molecular weight is 295 g/mol. The van der Waals surface area contributed by atoms with Crippen LogP contribution < -0.4 is 10.6 Å². The van der Waals surface area contributed by atoms with Gasteiger partial charge in [-0.25, -0.2) is 4.39 Å². The number of rotatable bonds is 6. The molecule has 1 aromatic rings. The van der Waals surface area contributed by atoms with Gasteiger partial charge in [0.1, 0.15) is 5.82 Å². The fourth-order valence-corrected chi connectivity index (χ4v) is 3.08. The van der Waals surface area contributed by atoms with Gasteiger partial charge in [0.2, 0.25) is 0 Å². The van der Waals surface area contributed by atoms with Crippen molar-refractivity contribution in [1.29, 1.82) is 0 Å². The lowest BCUT2D eigenvalue weighted by molar-refractivity contribution is 0.0815. The van der Waals surface area contributed by atoms with Crippen molar-refractivity contribution in [1.82, 2.24) is 4.90 Å². The van der Waals surface area contributed by atoms with E-state index in [1.807, 2.05) is 12.1 Å². The lowest BCUT2D eigenvalue weighted by Crippen LogP contribution is -2.55. The van der Waals surface area contributed by atoms with Gasteiger partial charge in [-0.3, -0.25) is 4.90 Å². The van der Waals surface area contributed by atoms with E-state index in [1.165, 1.54) is 12.1 Å². The molecule has 0 spiro atoms. The number of methoxy groups -OCH3 is 1. The predicted molar refractivity (Wildman–Crippen MR) is 84.1 cm³/mol. The normalized spacial score (nSPS) is 19.5. The van der Waals surface area contributed by atoms with E-state index in [2.05, 4.69) is 16.7 Å². The Morgan fingerprint density at radius 3 is 2.33 bits per heavy atom. The van der Waals surface area contributed by atoms with Crippen LogP contribution in [0.15, 0.2) is 24.3 Å². The molecule has 118 valence electrons. The Kier molecular flexibility index (Phi) is 5.96. The van der Waals surface area contributed by atoms with Crippen LogP contribution in [0.25, 0.3) is 0 Å². The third-order valence-corrected chi connectivity index (χ3v) is 4.30. The van der Waals surface area contributed by atoms with Crippen molar-refractivity contribution in [3.8, 4) is 0 Å². The van der Waals surface area contributed by atoms with E-state index in [0.29, 0.717) is 18.5 Å². The Labute approximate surface area is 126 Å². The van der Waals surface area contributed by atoms with Gasteiger partial charge in [0.15, 0.2) is 0 Å². The van der Waals surface area contributed by atoms with Crippen molar-refractivity contribution >= 4 is 5.69 Å². The minimum Gasteiger partial charge on any atom is -0.384 e. The van der Waals surface area contributed by atoms with Crippen LogP contribution in [0.1, 0.15) is 6.92 Å². The summed E-state index contributed by atoms with van der Waals surface area (Å²) in [5.74, 6) is 0.242. The first kappa shape index (κ1) is 16.2.